The summed E-state index contributed by atoms with van der Waals surface area (Å²) in [5.74, 6) is 4.48. The lowest BCUT2D eigenvalue weighted by molar-refractivity contribution is 0.330. The number of benzene rings is 2. The Morgan fingerprint density at radius 3 is 2.31 bits per heavy atom. The normalized spacial score (nSPS) is 10.8. The Morgan fingerprint density at radius 1 is 1.04 bits per heavy atom. The fourth-order valence-electron chi connectivity index (χ4n) is 2.36. The molecule has 5 nitrogen and oxygen atoms in total. The Balaban J connectivity index is 1.93. The Kier molecular flexibility index (Phi) is 7.38. The molecule has 2 rings (SSSR count). The van der Waals surface area contributed by atoms with Crippen molar-refractivity contribution in [1.29, 1.82) is 0 Å². The van der Waals surface area contributed by atoms with E-state index in [1.807, 2.05) is 18.2 Å². The molecule has 0 amide bonds. The lowest BCUT2D eigenvalue weighted by atomic mass is 10.1. The van der Waals surface area contributed by atoms with Gasteiger partial charge in [-0.15, -0.1) is 6.42 Å². The fourth-order valence-corrected chi connectivity index (χ4v) is 2.36. The highest BCUT2D eigenvalue weighted by molar-refractivity contribution is 5.79. The van der Waals surface area contributed by atoms with Crippen molar-refractivity contribution < 1.29 is 9.47 Å². The van der Waals surface area contributed by atoms with E-state index >= 15 is 0 Å². The summed E-state index contributed by atoms with van der Waals surface area (Å²) in [6, 6.07) is 14.2. The number of ether oxygens (including phenoxy) is 2. The van der Waals surface area contributed by atoms with Crippen LogP contribution < -0.4 is 20.1 Å². The molecule has 2 aromatic carbocycles. The average molecular weight is 351 g/mol. The first kappa shape index (κ1) is 19.2. The van der Waals surface area contributed by atoms with Gasteiger partial charge in [0.1, 0.15) is 6.61 Å². The third-order valence-corrected chi connectivity index (χ3v) is 3.80. The van der Waals surface area contributed by atoms with Gasteiger partial charge in [-0.1, -0.05) is 41.8 Å². The first-order valence-corrected chi connectivity index (χ1v) is 8.39. The first-order valence-electron chi connectivity index (χ1n) is 8.39. The highest BCUT2D eigenvalue weighted by Gasteiger charge is 2.06. The molecule has 0 aliphatic carbocycles. The summed E-state index contributed by atoms with van der Waals surface area (Å²) in [7, 11) is 3.35. The zero-order chi connectivity index (χ0) is 18.8. The number of hydrogen-bond acceptors (Lipinski definition) is 3. The average Bonchev–Trinajstić information content (AvgIpc) is 2.67. The van der Waals surface area contributed by atoms with Crippen molar-refractivity contribution in [2.45, 2.75) is 20.0 Å². The summed E-state index contributed by atoms with van der Waals surface area (Å²) in [5.41, 5.74) is 3.49. The minimum absolute atomic E-state index is 0.201. The molecule has 0 unspecified atom stereocenters. The van der Waals surface area contributed by atoms with E-state index in [9.17, 15) is 0 Å². The van der Waals surface area contributed by atoms with E-state index < -0.39 is 0 Å². The molecule has 2 aromatic rings. The van der Waals surface area contributed by atoms with Crippen molar-refractivity contribution in [1.82, 2.24) is 10.6 Å². The van der Waals surface area contributed by atoms with Crippen LogP contribution in [0.3, 0.4) is 0 Å². The van der Waals surface area contributed by atoms with Crippen LogP contribution in [0.2, 0.25) is 0 Å². The van der Waals surface area contributed by atoms with Gasteiger partial charge in [-0.05, 0) is 30.2 Å². The van der Waals surface area contributed by atoms with Crippen LogP contribution in [0.15, 0.2) is 47.5 Å². The maximum absolute atomic E-state index is 5.53. The maximum atomic E-state index is 5.53. The molecule has 0 saturated heterocycles. The summed E-state index contributed by atoms with van der Waals surface area (Å²) in [4.78, 5) is 4.25. The van der Waals surface area contributed by atoms with Gasteiger partial charge in [-0.3, -0.25) is 4.99 Å². The molecule has 0 heterocycles. The molecule has 0 radical (unpaired) electrons. The standard InChI is InChI=1S/C21H25N3O2/c1-5-12-26-20-13-18(10-11-19(20)25-4)15-24-21(22-3)23-14-17-8-6-16(2)7-9-17/h1,6-11,13H,12,14-15H2,2-4H3,(H2,22,23,24). The number of nitrogens with zero attached hydrogens (tertiary/aromatic N) is 1. The summed E-state index contributed by atoms with van der Waals surface area (Å²) in [6.45, 7) is 3.59. The van der Waals surface area contributed by atoms with Crippen molar-refractivity contribution in [2.75, 3.05) is 20.8 Å². The zero-order valence-corrected chi connectivity index (χ0v) is 15.5. The molecule has 26 heavy (non-hydrogen) atoms. The molecule has 0 aliphatic heterocycles. The van der Waals surface area contributed by atoms with Crippen LogP contribution in [-0.2, 0) is 13.1 Å². The molecular formula is C21H25N3O2. The Morgan fingerprint density at radius 2 is 1.69 bits per heavy atom. The van der Waals surface area contributed by atoms with E-state index in [4.69, 9.17) is 15.9 Å². The fraction of sp³-hybridized carbons (Fsp3) is 0.286. The zero-order valence-electron chi connectivity index (χ0n) is 15.5. The quantitative estimate of drug-likeness (QED) is 0.458. The van der Waals surface area contributed by atoms with Gasteiger partial charge in [0.25, 0.3) is 0 Å². The number of guanidine groups is 1. The molecule has 5 heteroatoms. The van der Waals surface area contributed by atoms with Gasteiger partial charge in [0.2, 0.25) is 0 Å². The molecule has 0 aromatic heterocycles. The molecule has 0 bridgehead atoms. The summed E-state index contributed by atoms with van der Waals surface area (Å²) < 4.78 is 10.8. The smallest absolute Gasteiger partial charge is 0.191 e. The number of terminal acetylenes is 1. The van der Waals surface area contributed by atoms with Crippen molar-refractivity contribution in [3.8, 4) is 23.8 Å². The van der Waals surface area contributed by atoms with E-state index in [2.05, 4.69) is 52.7 Å². The minimum Gasteiger partial charge on any atom is -0.493 e. The van der Waals surface area contributed by atoms with Gasteiger partial charge in [-0.2, -0.15) is 0 Å². The van der Waals surface area contributed by atoms with Crippen LogP contribution in [0.1, 0.15) is 16.7 Å². The van der Waals surface area contributed by atoms with Gasteiger partial charge < -0.3 is 20.1 Å². The number of hydrogen-bond donors (Lipinski definition) is 2. The van der Waals surface area contributed by atoms with E-state index in [1.54, 1.807) is 14.2 Å². The molecule has 0 saturated carbocycles. The van der Waals surface area contributed by atoms with Gasteiger partial charge in [0, 0.05) is 20.1 Å². The summed E-state index contributed by atoms with van der Waals surface area (Å²) in [5, 5.41) is 6.59. The SMILES string of the molecule is C#CCOc1cc(CNC(=NC)NCc2ccc(C)cc2)ccc1OC. The molecule has 136 valence electrons. The maximum Gasteiger partial charge on any atom is 0.191 e. The summed E-state index contributed by atoms with van der Waals surface area (Å²) in [6.07, 6.45) is 5.26. The highest BCUT2D eigenvalue weighted by atomic mass is 16.5. The number of rotatable bonds is 7. The molecule has 0 spiro atoms. The monoisotopic (exact) mass is 351 g/mol. The number of aryl methyl sites for hydroxylation is 1. The molecule has 0 fully saturated rings. The van der Waals surface area contributed by atoms with Crippen LogP contribution in [-0.4, -0.2) is 26.7 Å². The third-order valence-electron chi connectivity index (χ3n) is 3.80. The van der Waals surface area contributed by atoms with Crippen LogP contribution in [0.5, 0.6) is 11.5 Å². The van der Waals surface area contributed by atoms with E-state index in [0.717, 1.165) is 11.5 Å². The summed E-state index contributed by atoms with van der Waals surface area (Å²) >= 11 is 0. The Bertz CT molecular complexity index is 777. The molecule has 0 aliphatic rings. The lowest BCUT2D eigenvalue weighted by Gasteiger charge is -2.14. The number of methoxy groups -OCH3 is 1. The predicted molar refractivity (Wildman–Crippen MR) is 106 cm³/mol. The van der Waals surface area contributed by atoms with Gasteiger partial charge in [0.05, 0.1) is 7.11 Å². The lowest BCUT2D eigenvalue weighted by Crippen LogP contribution is -2.36. The van der Waals surface area contributed by atoms with Crippen molar-refractivity contribution >= 4 is 5.96 Å². The van der Waals surface area contributed by atoms with Crippen molar-refractivity contribution in [2.24, 2.45) is 4.99 Å². The molecule has 2 N–H and O–H groups in total. The Labute approximate surface area is 155 Å². The first-order chi connectivity index (χ1) is 12.7. The van der Waals surface area contributed by atoms with Crippen LogP contribution in [0.4, 0.5) is 0 Å². The van der Waals surface area contributed by atoms with E-state index in [0.29, 0.717) is 24.6 Å². The van der Waals surface area contributed by atoms with E-state index in [1.165, 1.54) is 11.1 Å². The minimum atomic E-state index is 0.201. The Hall–Kier alpha value is -3.13. The second-order valence-corrected chi connectivity index (χ2v) is 5.74. The third kappa shape index (κ3) is 5.75. The van der Waals surface area contributed by atoms with Crippen LogP contribution >= 0.6 is 0 Å². The van der Waals surface area contributed by atoms with Crippen molar-refractivity contribution in [3.63, 3.8) is 0 Å². The van der Waals surface area contributed by atoms with Crippen molar-refractivity contribution in [3.05, 3.63) is 59.2 Å². The van der Waals surface area contributed by atoms with Gasteiger partial charge in [0.15, 0.2) is 17.5 Å². The van der Waals surface area contributed by atoms with Gasteiger partial charge in [-0.25, -0.2) is 0 Å². The largest absolute Gasteiger partial charge is 0.493 e. The van der Waals surface area contributed by atoms with Crippen LogP contribution in [0, 0.1) is 19.3 Å². The van der Waals surface area contributed by atoms with Gasteiger partial charge >= 0.3 is 0 Å². The second-order valence-electron chi connectivity index (χ2n) is 5.74. The van der Waals surface area contributed by atoms with E-state index in [-0.39, 0.29) is 6.61 Å². The predicted octanol–water partition coefficient (Wildman–Crippen LogP) is 2.88. The number of nitrogens with one attached hydrogen (secondary N) is 2. The second kappa shape index (κ2) is 10.00. The van der Waals surface area contributed by atoms with Crippen LogP contribution in [0.25, 0.3) is 0 Å². The highest BCUT2D eigenvalue weighted by Crippen LogP contribution is 2.27. The molecule has 0 atom stereocenters. The molecular weight excluding hydrogens is 326 g/mol. The number of aliphatic imine (C=N–C) groups is 1. The topological polar surface area (TPSA) is 54.9 Å².